The first kappa shape index (κ1) is 21.1. The van der Waals surface area contributed by atoms with E-state index in [0.717, 1.165) is 16.5 Å². The van der Waals surface area contributed by atoms with E-state index in [4.69, 9.17) is 9.15 Å². The van der Waals surface area contributed by atoms with E-state index in [1.54, 1.807) is 18.2 Å². The van der Waals surface area contributed by atoms with Crippen molar-refractivity contribution in [2.45, 2.75) is 26.2 Å². The third kappa shape index (κ3) is 5.14. The van der Waals surface area contributed by atoms with Crippen LogP contribution >= 0.6 is 15.9 Å². The van der Waals surface area contributed by atoms with Crippen molar-refractivity contribution < 1.29 is 13.9 Å². The minimum Gasteiger partial charge on any atom is -0.484 e. The van der Waals surface area contributed by atoms with Crippen LogP contribution in [-0.2, 0) is 4.79 Å². The number of amides is 1. The van der Waals surface area contributed by atoms with Crippen LogP contribution in [0.4, 0.5) is 5.69 Å². The predicted molar refractivity (Wildman–Crippen MR) is 126 cm³/mol. The first-order valence-corrected chi connectivity index (χ1v) is 11.0. The van der Waals surface area contributed by atoms with Crippen molar-refractivity contribution in [1.29, 1.82) is 0 Å². The third-order valence-corrected chi connectivity index (χ3v) is 5.72. The summed E-state index contributed by atoms with van der Waals surface area (Å²) in [5, 5.41) is 2.85. The number of nitrogens with one attached hydrogen (secondary N) is 1. The summed E-state index contributed by atoms with van der Waals surface area (Å²) >= 11 is 3.42. The standard InChI is InChI=1S/C25H23BrN2O3/c1-3-16(2)17-6-11-21(12-7-17)30-15-24(29)27-20-10-13-23-22(14-20)28-25(31-23)18-4-8-19(26)9-5-18/h4-14,16H,3,15H2,1-2H3,(H,27,29)/t16-/m1/s1. The maximum atomic E-state index is 12.3. The number of nitrogens with zero attached hydrogens (tertiary/aromatic N) is 1. The molecule has 3 aromatic carbocycles. The molecule has 1 aromatic heterocycles. The molecule has 4 aromatic rings. The summed E-state index contributed by atoms with van der Waals surface area (Å²) in [6.45, 7) is 4.29. The molecule has 4 rings (SSSR count). The van der Waals surface area contributed by atoms with Gasteiger partial charge in [0.05, 0.1) is 0 Å². The Morgan fingerprint density at radius 1 is 1.10 bits per heavy atom. The Bertz CT molecular complexity index is 1180. The van der Waals surface area contributed by atoms with Gasteiger partial charge in [-0.05, 0) is 72.5 Å². The first-order chi connectivity index (χ1) is 15.0. The highest BCUT2D eigenvalue weighted by molar-refractivity contribution is 9.10. The lowest BCUT2D eigenvalue weighted by atomic mass is 9.99. The molecule has 1 amide bonds. The van der Waals surface area contributed by atoms with E-state index in [2.05, 4.69) is 40.1 Å². The number of carbonyl (C=O) groups excluding carboxylic acids is 1. The second kappa shape index (κ2) is 9.35. The van der Waals surface area contributed by atoms with Gasteiger partial charge >= 0.3 is 0 Å². The molecule has 0 saturated heterocycles. The summed E-state index contributed by atoms with van der Waals surface area (Å²) in [6, 6.07) is 21.0. The highest BCUT2D eigenvalue weighted by atomic mass is 79.9. The van der Waals surface area contributed by atoms with E-state index >= 15 is 0 Å². The molecule has 1 heterocycles. The molecular weight excluding hydrogens is 456 g/mol. The zero-order valence-electron chi connectivity index (χ0n) is 17.4. The normalized spacial score (nSPS) is 12.0. The second-order valence-corrected chi connectivity index (χ2v) is 8.34. The van der Waals surface area contributed by atoms with Gasteiger partial charge in [0.2, 0.25) is 5.89 Å². The summed E-state index contributed by atoms with van der Waals surface area (Å²) in [5.74, 6) is 1.48. The molecule has 0 aliphatic heterocycles. The molecule has 0 bridgehead atoms. The van der Waals surface area contributed by atoms with Gasteiger partial charge in [-0.25, -0.2) is 4.98 Å². The number of aromatic nitrogens is 1. The summed E-state index contributed by atoms with van der Waals surface area (Å²) in [5.41, 5.74) is 4.13. The Morgan fingerprint density at radius 3 is 2.55 bits per heavy atom. The average Bonchev–Trinajstić information content (AvgIpc) is 3.21. The highest BCUT2D eigenvalue weighted by Gasteiger charge is 2.11. The minimum atomic E-state index is -0.234. The maximum Gasteiger partial charge on any atom is 0.262 e. The van der Waals surface area contributed by atoms with Gasteiger partial charge in [0.1, 0.15) is 11.3 Å². The van der Waals surface area contributed by atoms with E-state index in [-0.39, 0.29) is 12.5 Å². The number of oxazole rings is 1. The average molecular weight is 479 g/mol. The van der Waals surface area contributed by atoms with Crippen molar-refractivity contribution in [2.75, 3.05) is 11.9 Å². The molecule has 0 aliphatic rings. The van der Waals surface area contributed by atoms with Crippen molar-refractivity contribution in [3.63, 3.8) is 0 Å². The van der Waals surface area contributed by atoms with Gasteiger partial charge < -0.3 is 14.5 Å². The Labute approximate surface area is 189 Å². The van der Waals surface area contributed by atoms with Crippen LogP contribution < -0.4 is 10.1 Å². The molecule has 1 N–H and O–H groups in total. The Morgan fingerprint density at radius 2 is 1.84 bits per heavy atom. The molecule has 31 heavy (non-hydrogen) atoms. The Hall–Kier alpha value is -3.12. The van der Waals surface area contributed by atoms with Gasteiger partial charge in [0.25, 0.3) is 5.91 Å². The predicted octanol–water partition coefficient (Wildman–Crippen LogP) is 6.79. The van der Waals surface area contributed by atoms with Crippen LogP contribution in [0.15, 0.2) is 75.6 Å². The molecule has 0 aliphatic carbocycles. The number of halogens is 1. The highest BCUT2D eigenvalue weighted by Crippen LogP contribution is 2.27. The van der Waals surface area contributed by atoms with E-state index in [0.29, 0.717) is 34.3 Å². The van der Waals surface area contributed by atoms with Crippen molar-refractivity contribution in [3.05, 3.63) is 76.8 Å². The molecule has 0 radical (unpaired) electrons. The fourth-order valence-corrected chi connectivity index (χ4v) is 3.46. The van der Waals surface area contributed by atoms with Crippen molar-refractivity contribution in [1.82, 2.24) is 4.98 Å². The zero-order chi connectivity index (χ0) is 21.8. The topological polar surface area (TPSA) is 64.4 Å². The molecular formula is C25H23BrN2O3. The van der Waals surface area contributed by atoms with Crippen LogP contribution in [0.1, 0.15) is 31.7 Å². The van der Waals surface area contributed by atoms with Crippen molar-refractivity contribution >= 4 is 38.6 Å². The Balaban J connectivity index is 1.38. The lowest BCUT2D eigenvalue weighted by molar-refractivity contribution is -0.118. The lowest BCUT2D eigenvalue weighted by Gasteiger charge is -2.11. The molecule has 0 unspecified atom stereocenters. The van der Waals surface area contributed by atoms with E-state index < -0.39 is 0 Å². The molecule has 6 heteroatoms. The van der Waals surface area contributed by atoms with Crippen LogP contribution in [0.3, 0.4) is 0 Å². The van der Waals surface area contributed by atoms with Crippen LogP contribution in [-0.4, -0.2) is 17.5 Å². The summed E-state index contributed by atoms with van der Waals surface area (Å²) in [7, 11) is 0. The van der Waals surface area contributed by atoms with E-state index in [1.807, 2.05) is 48.5 Å². The number of anilines is 1. The summed E-state index contributed by atoms with van der Waals surface area (Å²) in [6.07, 6.45) is 1.09. The van der Waals surface area contributed by atoms with Crippen LogP contribution in [0.2, 0.25) is 0 Å². The van der Waals surface area contributed by atoms with Gasteiger partial charge in [-0.2, -0.15) is 0 Å². The number of ether oxygens (including phenoxy) is 1. The fourth-order valence-electron chi connectivity index (χ4n) is 3.20. The fraction of sp³-hybridized carbons (Fsp3) is 0.200. The van der Waals surface area contributed by atoms with E-state index in [9.17, 15) is 4.79 Å². The number of benzene rings is 3. The molecule has 0 saturated carbocycles. The van der Waals surface area contributed by atoms with Crippen LogP contribution in [0, 0.1) is 0 Å². The van der Waals surface area contributed by atoms with Gasteiger partial charge in [-0.1, -0.05) is 41.9 Å². The number of hydrogen-bond donors (Lipinski definition) is 1. The second-order valence-electron chi connectivity index (χ2n) is 7.42. The molecule has 0 spiro atoms. The number of rotatable bonds is 7. The molecule has 158 valence electrons. The SMILES string of the molecule is CC[C@@H](C)c1ccc(OCC(=O)Nc2ccc3oc(-c4ccc(Br)cc4)nc3c2)cc1. The quantitative estimate of drug-likeness (QED) is 0.317. The van der Waals surface area contributed by atoms with E-state index in [1.165, 1.54) is 5.56 Å². The monoisotopic (exact) mass is 478 g/mol. The molecule has 0 fully saturated rings. The van der Waals surface area contributed by atoms with Gasteiger partial charge in [-0.15, -0.1) is 0 Å². The minimum absolute atomic E-state index is 0.0658. The number of fused-ring (bicyclic) bond motifs is 1. The van der Waals surface area contributed by atoms with Crippen LogP contribution in [0.5, 0.6) is 5.75 Å². The van der Waals surface area contributed by atoms with Crippen molar-refractivity contribution in [2.24, 2.45) is 0 Å². The molecule has 1 atom stereocenters. The zero-order valence-corrected chi connectivity index (χ0v) is 19.0. The van der Waals surface area contributed by atoms with Gasteiger partial charge in [0.15, 0.2) is 12.2 Å². The summed E-state index contributed by atoms with van der Waals surface area (Å²) < 4.78 is 12.4. The maximum absolute atomic E-state index is 12.3. The third-order valence-electron chi connectivity index (χ3n) is 5.19. The number of hydrogen-bond acceptors (Lipinski definition) is 4. The molecule has 5 nitrogen and oxygen atoms in total. The number of carbonyl (C=O) groups is 1. The summed E-state index contributed by atoms with van der Waals surface area (Å²) in [4.78, 5) is 16.9. The first-order valence-electron chi connectivity index (χ1n) is 10.2. The Kier molecular flexibility index (Phi) is 6.37. The largest absolute Gasteiger partial charge is 0.484 e. The van der Waals surface area contributed by atoms with Crippen molar-refractivity contribution in [3.8, 4) is 17.2 Å². The lowest BCUT2D eigenvalue weighted by Crippen LogP contribution is -2.20. The smallest absolute Gasteiger partial charge is 0.262 e. The van der Waals surface area contributed by atoms with Crippen LogP contribution in [0.25, 0.3) is 22.6 Å². The van der Waals surface area contributed by atoms with Gasteiger partial charge in [0, 0.05) is 15.7 Å². The van der Waals surface area contributed by atoms with Gasteiger partial charge in [-0.3, -0.25) is 4.79 Å².